The zero-order chi connectivity index (χ0) is 16.8. The Bertz CT molecular complexity index is 709. The summed E-state index contributed by atoms with van der Waals surface area (Å²) in [5.41, 5.74) is 8.66. The highest BCUT2D eigenvalue weighted by atomic mass is 16.5. The first-order chi connectivity index (χ1) is 11.0. The monoisotopic (exact) mass is 312 g/mol. The molecule has 0 fully saturated rings. The highest BCUT2D eigenvalue weighted by Gasteiger charge is 2.06. The number of nitrogens with two attached hydrogens (primary N) is 1. The lowest BCUT2D eigenvalue weighted by Gasteiger charge is -2.11. The van der Waals surface area contributed by atoms with E-state index in [0.29, 0.717) is 17.9 Å². The average Bonchev–Trinajstić information content (AvgIpc) is 2.54. The fraction of sp³-hybridized carbons (Fsp3) is 0.222. The van der Waals surface area contributed by atoms with E-state index < -0.39 is 5.91 Å². The molecule has 2 amide bonds. The molecule has 0 saturated carbocycles. The molecule has 0 aliphatic carbocycles. The quantitative estimate of drug-likeness (QED) is 0.857. The van der Waals surface area contributed by atoms with Crippen LogP contribution in [-0.4, -0.2) is 18.4 Å². The smallest absolute Gasteiger partial charge is 0.258 e. The van der Waals surface area contributed by atoms with Crippen LogP contribution in [0.5, 0.6) is 5.75 Å². The van der Waals surface area contributed by atoms with Crippen molar-refractivity contribution in [2.24, 2.45) is 5.73 Å². The van der Waals surface area contributed by atoms with Crippen LogP contribution in [0.15, 0.2) is 42.5 Å². The van der Waals surface area contributed by atoms with Gasteiger partial charge in [-0.3, -0.25) is 9.59 Å². The van der Waals surface area contributed by atoms with E-state index in [-0.39, 0.29) is 12.5 Å². The fourth-order valence-corrected chi connectivity index (χ4v) is 2.06. The lowest BCUT2D eigenvalue weighted by Crippen LogP contribution is -2.28. The first kappa shape index (κ1) is 16.5. The van der Waals surface area contributed by atoms with E-state index in [9.17, 15) is 9.59 Å². The summed E-state index contributed by atoms with van der Waals surface area (Å²) in [6.07, 6.45) is 0. The van der Waals surface area contributed by atoms with E-state index >= 15 is 0 Å². The summed E-state index contributed by atoms with van der Waals surface area (Å²) in [6.45, 7) is 4.29. The van der Waals surface area contributed by atoms with Gasteiger partial charge in [-0.2, -0.15) is 0 Å². The van der Waals surface area contributed by atoms with Gasteiger partial charge in [0.05, 0.1) is 0 Å². The molecular weight excluding hydrogens is 292 g/mol. The van der Waals surface area contributed by atoms with Crippen molar-refractivity contribution in [3.8, 4) is 5.75 Å². The highest BCUT2D eigenvalue weighted by molar-refractivity contribution is 5.92. The summed E-state index contributed by atoms with van der Waals surface area (Å²) in [6, 6.07) is 12.5. The van der Waals surface area contributed by atoms with Crippen LogP contribution in [0.4, 0.5) is 0 Å². The van der Waals surface area contributed by atoms with Crippen molar-refractivity contribution in [3.63, 3.8) is 0 Å². The summed E-state index contributed by atoms with van der Waals surface area (Å²) in [5.74, 6) is 0.0401. The van der Waals surface area contributed by atoms with Crippen LogP contribution in [0.2, 0.25) is 0 Å². The number of nitrogens with one attached hydrogen (secondary N) is 1. The molecule has 0 radical (unpaired) electrons. The molecule has 0 spiro atoms. The van der Waals surface area contributed by atoms with Crippen molar-refractivity contribution in [3.05, 3.63) is 64.7 Å². The third-order valence-corrected chi connectivity index (χ3v) is 3.64. The molecule has 0 aliphatic rings. The number of hydrogen-bond donors (Lipinski definition) is 2. The number of aryl methyl sites for hydroxylation is 1. The van der Waals surface area contributed by atoms with Gasteiger partial charge < -0.3 is 15.8 Å². The van der Waals surface area contributed by atoms with E-state index in [2.05, 4.69) is 5.32 Å². The molecule has 2 rings (SSSR count). The van der Waals surface area contributed by atoms with Gasteiger partial charge in [0.25, 0.3) is 5.91 Å². The molecule has 0 aromatic heterocycles. The number of hydrogen-bond acceptors (Lipinski definition) is 3. The number of rotatable bonds is 6. The van der Waals surface area contributed by atoms with Gasteiger partial charge in [-0.25, -0.2) is 0 Å². The second kappa shape index (κ2) is 7.45. The van der Waals surface area contributed by atoms with Crippen molar-refractivity contribution in [1.29, 1.82) is 0 Å². The molecule has 5 nitrogen and oxygen atoms in total. The lowest BCUT2D eigenvalue weighted by molar-refractivity contribution is -0.123. The van der Waals surface area contributed by atoms with E-state index in [0.717, 1.165) is 16.7 Å². The molecule has 0 atom stereocenters. The van der Waals surface area contributed by atoms with Crippen LogP contribution in [0, 0.1) is 13.8 Å². The lowest BCUT2D eigenvalue weighted by atomic mass is 10.1. The van der Waals surface area contributed by atoms with Crippen LogP contribution < -0.4 is 15.8 Å². The summed E-state index contributed by atoms with van der Waals surface area (Å²) in [4.78, 5) is 22.8. The van der Waals surface area contributed by atoms with Crippen molar-refractivity contribution in [2.45, 2.75) is 20.4 Å². The normalized spacial score (nSPS) is 10.2. The zero-order valence-corrected chi connectivity index (χ0v) is 13.3. The minimum Gasteiger partial charge on any atom is -0.483 e. The number of ether oxygens (including phenoxy) is 1. The molecule has 0 heterocycles. The molecule has 5 heteroatoms. The molecule has 120 valence electrons. The number of amides is 2. The number of carbonyl (C=O) groups excluding carboxylic acids is 2. The van der Waals surface area contributed by atoms with Crippen molar-refractivity contribution in [2.75, 3.05) is 6.61 Å². The Morgan fingerprint density at radius 1 is 1.09 bits per heavy atom. The van der Waals surface area contributed by atoms with Gasteiger partial charge in [-0.15, -0.1) is 0 Å². The zero-order valence-electron chi connectivity index (χ0n) is 13.3. The van der Waals surface area contributed by atoms with Crippen LogP contribution in [0.3, 0.4) is 0 Å². The first-order valence-corrected chi connectivity index (χ1v) is 7.32. The van der Waals surface area contributed by atoms with Gasteiger partial charge in [0, 0.05) is 12.1 Å². The predicted octanol–water partition coefficient (Wildman–Crippen LogP) is 2.10. The molecule has 0 aliphatic heterocycles. The molecule has 0 saturated heterocycles. The minimum absolute atomic E-state index is 0.0380. The Morgan fingerprint density at radius 2 is 1.78 bits per heavy atom. The Morgan fingerprint density at radius 3 is 2.43 bits per heavy atom. The Labute approximate surface area is 135 Å². The topological polar surface area (TPSA) is 81.4 Å². The van der Waals surface area contributed by atoms with E-state index in [1.54, 1.807) is 24.3 Å². The van der Waals surface area contributed by atoms with Crippen molar-refractivity contribution in [1.82, 2.24) is 5.32 Å². The van der Waals surface area contributed by atoms with Gasteiger partial charge in [0.2, 0.25) is 5.91 Å². The third kappa shape index (κ3) is 4.57. The SMILES string of the molecule is Cc1cccc(OCC(=O)NCc2ccc(C(N)=O)cc2)c1C. The maximum atomic E-state index is 11.9. The van der Waals surface area contributed by atoms with Gasteiger partial charge in [-0.1, -0.05) is 24.3 Å². The second-order valence-electron chi connectivity index (χ2n) is 5.32. The third-order valence-electron chi connectivity index (χ3n) is 3.64. The van der Waals surface area contributed by atoms with Gasteiger partial charge >= 0.3 is 0 Å². The maximum Gasteiger partial charge on any atom is 0.258 e. The summed E-state index contributed by atoms with van der Waals surface area (Å²) < 4.78 is 5.55. The maximum absolute atomic E-state index is 11.9. The summed E-state index contributed by atoms with van der Waals surface area (Å²) in [5, 5.41) is 2.77. The molecule has 2 aromatic carbocycles. The van der Waals surface area contributed by atoms with E-state index in [1.165, 1.54) is 0 Å². The fourth-order valence-electron chi connectivity index (χ4n) is 2.06. The second-order valence-corrected chi connectivity index (χ2v) is 5.32. The Hall–Kier alpha value is -2.82. The largest absolute Gasteiger partial charge is 0.483 e. The molecular formula is C18H20N2O3. The first-order valence-electron chi connectivity index (χ1n) is 7.32. The Kier molecular flexibility index (Phi) is 5.36. The van der Waals surface area contributed by atoms with Gasteiger partial charge in [0.15, 0.2) is 6.61 Å². The molecule has 2 aromatic rings. The molecule has 23 heavy (non-hydrogen) atoms. The standard InChI is InChI=1S/C18H20N2O3/c1-12-4-3-5-16(13(12)2)23-11-17(21)20-10-14-6-8-15(9-7-14)18(19)22/h3-9H,10-11H2,1-2H3,(H2,19,22)(H,20,21). The Balaban J connectivity index is 1.83. The van der Waals surface area contributed by atoms with Crippen molar-refractivity contribution >= 4 is 11.8 Å². The number of carbonyl (C=O) groups is 2. The van der Waals surface area contributed by atoms with Crippen LogP contribution in [0.25, 0.3) is 0 Å². The number of primary amides is 1. The molecule has 0 unspecified atom stereocenters. The summed E-state index contributed by atoms with van der Waals surface area (Å²) >= 11 is 0. The predicted molar refractivity (Wildman–Crippen MR) is 88.2 cm³/mol. The average molecular weight is 312 g/mol. The minimum atomic E-state index is -0.470. The van der Waals surface area contributed by atoms with E-state index in [1.807, 2.05) is 32.0 Å². The van der Waals surface area contributed by atoms with Crippen LogP contribution in [0.1, 0.15) is 27.0 Å². The van der Waals surface area contributed by atoms with Crippen molar-refractivity contribution < 1.29 is 14.3 Å². The van der Waals surface area contributed by atoms with Gasteiger partial charge in [-0.05, 0) is 48.7 Å². The summed E-state index contributed by atoms with van der Waals surface area (Å²) in [7, 11) is 0. The molecule has 3 N–H and O–H groups in total. The van der Waals surface area contributed by atoms with Crippen LogP contribution >= 0.6 is 0 Å². The highest BCUT2D eigenvalue weighted by Crippen LogP contribution is 2.20. The van der Waals surface area contributed by atoms with Gasteiger partial charge in [0.1, 0.15) is 5.75 Å². The van der Waals surface area contributed by atoms with Crippen LogP contribution in [-0.2, 0) is 11.3 Å². The van der Waals surface area contributed by atoms with E-state index in [4.69, 9.17) is 10.5 Å². The number of benzene rings is 2. The molecule has 0 bridgehead atoms.